The van der Waals surface area contributed by atoms with Crippen molar-refractivity contribution in [2.75, 3.05) is 5.32 Å². The minimum absolute atomic E-state index is 0.546. The van der Waals surface area contributed by atoms with Gasteiger partial charge in [-0.05, 0) is 68.4 Å². The summed E-state index contributed by atoms with van der Waals surface area (Å²) >= 11 is 5.39. The molecule has 0 aliphatic heterocycles. The van der Waals surface area contributed by atoms with E-state index in [2.05, 4.69) is 49.6 Å². The molecule has 0 radical (unpaired) electrons. The largest absolute Gasteiger partial charge is 0.360 e. The molecule has 1 aliphatic carbocycles. The Morgan fingerprint density at radius 3 is 2.72 bits per heavy atom. The van der Waals surface area contributed by atoms with Crippen LogP contribution in [-0.4, -0.2) is 11.2 Å². The number of hydrogen-bond donors (Lipinski definition) is 2. The standard InChI is InChI=1S/C15H22N2S/c1-10-5-7-13(8-10)16-15(18)17-14-9-11(2)4-6-12(14)3/h4,6,9-10,13H,5,7-8H2,1-3H3,(H2,16,17,18). The Morgan fingerprint density at radius 2 is 2.06 bits per heavy atom. The molecule has 1 aromatic carbocycles. The quantitative estimate of drug-likeness (QED) is 0.793. The molecule has 1 fully saturated rings. The number of benzene rings is 1. The first-order chi connectivity index (χ1) is 8.54. The highest BCUT2D eigenvalue weighted by Crippen LogP contribution is 2.24. The fourth-order valence-corrected chi connectivity index (χ4v) is 2.83. The summed E-state index contributed by atoms with van der Waals surface area (Å²) in [6.07, 6.45) is 3.77. The van der Waals surface area contributed by atoms with Crippen LogP contribution in [0, 0.1) is 19.8 Å². The summed E-state index contributed by atoms with van der Waals surface area (Å²) in [7, 11) is 0. The summed E-state index contributed by atoms with van der Waals surface area (Å²) in [6, 6.07) is 6.93. The van der Waals surface area contributed by atoms with E-state index in [1.807, 2.05) is 0 Å². The number of aryl methyl sites for hydroxylation is 2. The van der Waals surface area contributed by atoms with E-state index in [1.165, 1.54) is 30.4 Å². The normalized spacial score (nSPS) is 22.8. The van der Waals surface area contributed by atoms with Crippen LogP contribution in [0.5, 0.6) is 0 Å². The molecular formula is C15H22N2S. The van der Waals surface area contributed by atoms with Gasteiger partial charge in [-0.2, -0.15) is 0 Å². The van der Waals surface area contributed by atoms with Gasteiger partial charge in [-0.3, -0.25) is 0 Å². The molecule has 2 unspecified atom stereocenters. The molecule has 2 N–H and O–H groups in total. The van der Waals surface area contributed by atoms with Crippen molar-refractivity contribution in [3.8, 4) is 0 Å². The Bertz CT molecular complexity index is 442. The summed E-state index contributed by atoms with van der Waals surface area (Å²) in [5.74, 6) is 0.825. The van der Waals surface area contributed by atoms with Gasteiger partial charge in [0.05, 0.1) is 0 Å². The molecule has 0 aromatic heterocycles. The Labute approximate surface area is 115 Å². The minimum atomic E-state index is 0.546. The Kier molecular flexibility index (Phi) is 4.23. The van der Waals surface area contributed by atoms with Gasteiger partial charge in [-0.15, -0.1) is 0 Å². The molecule has 1 saturated carbocycles. The predicted octanol–water partition coefficient (Wildman–Crippen LogP) is 3.78. The van der Waals surface area contributed by atoms with Crippen molar-refractivity contribution in [1.29, 1.82) is 0 Å². The van der Waals surface area contributed by atoms with Gasteiger partial charge in [-0.25, -0.2) is 0 Å². The smallest absolute Gasteiger partial charge is 0.171 e. The SMILES string of the molecule is Cc1ccc(C)c(NC(=S)NC2CCC(C)C2)c1. The molecule has 18 heavy (non-hydrogen) atoms. The number of rotatable bonds is 2. The van der Waals surface area contributed by atoms with Gasteiger partial charge in [0.25, 0.3) is 0 Å². The average Bonchev–Trinajstić information content (AvgIpc) is 2.69. The van der Waals surface area contributed by atoms with Gasteiger partial charge in [0.15, 0.2) is 5.11 Å². The second kappa shape index (κ2) is 5.70. The van der Waals surface area contributed by atoms with Crippen molar-refractivity contribution in [2.24, 2.45) is 5.92 Å². The van der Waals surface area contributed by atoms with E-state index in [-0.39, 0.29) is 0 Å². The molecule has 2 nitrogen and oxygen atoms in total. The molecule has 0 amide bonds. The summed E-state index contributed by atoms with van der Waals surface area (Å²) in [4.78, 5) is 0. The first kappa shape index (κ1) is 13.3. The third-order valence-electron chi connectivity index (χ3n) is 3.67. The van der Waals surface area contributed by atoms with E-state index >= 15 is 0 Å². The van der Waals surface area contributed by atoms with Gasteiger partial charge in [0.2, 0.25) is 0 Å². The third kappa shape index (κ3) is 3.45. The molecule has 0 spiro atoms. The molecule has 0 heterocycles. The van der Waals surface area contributed by atoms with Crippen molar-refractivity contribution in [3.63, 3.8) is 0 Å². The van der Waals surface area contributed by atoms with Gasteiger partial charge < -0.3 is 10.6 Å². The number of thiocarbonyl (C=S) groups is 1. The van der Waals surface area contributed by atoms with E-state index in [9.17, 15) is 0 Å². The molecule has 1 aromatic rings. The van der Waals surface area contributed by atoms with Crippen LogP contribution < -0.4 is 10.6 Å². The van der Waals surface area contributed by atoms with Gasteiger partial charge >= 0.3 is 0 Å². The number of hydrogen-bond acceptors (Lipinski definition) is 1. The van der Waals surface area contributed by atoms with Crippen LogP contribution in [0.3, 0.4) is 0 Å². The van der Waals surface area contributed by atoms with E-state index in [0.717, 1.165) is 16.7 Å². The number of nitrogens with one attached hydrogen (secondary N) is 2. The zero-order valence-electron chi connectivity index (χ0n) is 11.4. The van der Waals surface area contributed by atoms with Gasteiger partial charge in [0.1, 0.15) is 0 Å². The highest BCUT2D eigenvalue weighted by molar-refractivity contribution is 7.80. The average molecular weight is 262 g/mol. The maximum absolute atomic E-state index is 5.39. The van der Waals surface area contributed by atoms with Crippen LogP contribution in [0.2, 0.25) is 0 Å². The van der Waals surface area contributed by atoms with Crippen LogP contribution >= 0.6 is 12.2 Å². The summed E-state index contributed by atoms with van der Waals surface area (Å²) in [5, 5.41) is 7.49. The maximum atomic E-state index is 5.39. The molecule has 98 valence electrons. The molecular weight excluding hydrogens is 240 g/mol. The van der Waals surface area contributed by atoms with Crippen molar-refractivity contribution >= 4 is 23.0 Å². The summed E-state index contributed by atoms with van der Waals surface area (Å²) in [6.45, 7) is 6.50. The zero-order valence-corrected chi connectivity index (χ0v) is 12.2. The van der Waals surface area contributed by atoms with Crippen LogP contribution in [0.4, 0.5) is 5.69 Å². The fraction of sp³-hybridized carbons (Fsp3) is 0.533. The van der Waals surface area contributed by atoms with Crippen molar-refractivity contribution < 1.29 is 0 Å². The molecule has 0 saturated heterocycles. The maximum Gasteiger partial charge on any atom is 0.171 e. The lowest BCUT2D eigenvalue weighted by atomic mass is 10.1. The Morgan fingerprint density at radius 1 is 1.28 bits per heavy atom. The lowest BCUT2D eigenvalue weighted by Crippen LogP contribution is -2.36. The minimum Gasteiger partial charge on any atom is -0.360 e. The topological polar surface area (TPSA) is 24.1 Å². The fourth-order valence-electron chi connectivity index (χ4n) is 2.55. The van der Waals surface area contributed by atoms with E-state index in [1.54, 1.807) is 0 Å². The lowest BCUT2D eigenvalue weighted by molar-refractivity contribution is 0.572. The highest BCUT2D eigenvalue weighted by Gasteiger charge is 2.21. The molecule has 0 bridgehead atoms. The summed E-state index contributed by atoms with van der Waals surface area (Å²) < 4.78 is 0. The van der Waals surface area contributed by atoms with E-state index in [0.29, 0.717) is 6.04 Å². The van der Waals surface area contributed by atoms with Crippen molar-refractivity contribution in [1.82, 2.24) is 5.32 Å². The Balaban J connectivity index is 1.92. The van der Waals surface area contributed by atoms with Crippen LogP contribution in [0.15, 0.2) is 18.2 Å². The number of anilines is 1. The second-order valence-corrected chi connectivity index (χ2v) is 5.94. The molecule has 2 atom stereocenters. The zero-order chi connectivity index (χ0) is 13.1. The molecule has 3 heteroatoms. The van der Waals surface area contributed by atoms with Gasteiger partial charge in [0, 0.05) is 11.7 Å². The van der Waals surface area contributed by atoms with E-state index in [4.69, 9.17) is 12.2 Å². The van der Waals surface area contributed by atoms with E-state index < -0.39 is 0 Å². The van der Waals surface area contributed by atoms with Gasteiger partial charge in [-0.1, -0.05) is 19.1 Å². The van der Waals surface area contributed by atoms with Crippen LogP contribution in [0.1, 0.15) is 37.3 Å². The van der Waals surface area contributed by atoms with Crippen molar-refractivity contribution in [2.45, 2.75) is 46.1 Å². The van der Waals surface area contributed by atoms with Crippen molar-refractivity contribution in [3.05, 3.63) is 29.3 Å². The third-order valence-corrected chi connectivity index (χ3v) is 3.89. The first-order valence-electron chi connectivity index (χ1n) is 6.69. The lowest BCUT2D eigenvalue weighted by Gasteiger charge is -2.17. The predicted molar refractivity (Wildman–Crippen MR) is 82.1 cm³/mol. The van der Waals surface area contributed by atoms with Crippen LogP contribution in [-0.2, 0) is 0 Å². The van der Waals surface area contributed by atoms with Crippen LogP contribution in [0.25, 0.3) is 0 Å². The summed E-state index contributed by atoms with van der Waals surface area (Å²) in [5.41, 5.74) is 3.59. The monoisotopic (exact) mass is 262 g/mol. The highest BCUT2D eigenvalue weighted by atomic mass is 32.1. The first-order valence-corrected chi connectivity index (χ1v) is 7.10. The molecule has 2 rings (SSSR count). The molecule has 1 aliphatic rings. The second-order valence-electron chi connectivity index (χ2n) is 5.53. The Hall–Kier alpha value is -1.09.